The van der Waals surface area contributed by atoms with Gasteiger partial charge in [0.25, 0.3) is 0 Å². The number of nitrogens with zero attached hydrogens (tertiary/aromatic N) is 1. The second-order valence-corrected chi connectivity index (χ2v) is 6.36. The van der Waals surface area contributed by atoms with E-state index in [-0.39, 0.29) is 11.7 Å². The lowest BCUT2D eigenvalue weighted by Gasteiger charge is -2.25. The van der Waals surface area contributed by atoms with Crippen molar-refractivity contribution < 1.29 is 9.53 Å². The van der Waals surface area contributed by atoms with Gasteiger partial charge in [0.05, 0.1) is 0 Å². The van der Waals surface area contributed by atoms with Gasteiger partial charge in [0.15, 0.2) is 0 Å². The van der Waals surface area contributed by atoms with Crippen molar-refractivity contribution >= 4 is 6.09 Å². The maximum absolute atomic E-state index is 11.9. The Morgan fingerprint density at radius 3 is 2.18 bits per heavy atom. The van der Waals surface area contributed by atoms with E-state index in [0.29, 0.717) is 17.9 Å². The van der Waals surface area contributed by atoms with Gasteiger partial charge in [-0.3, -0.25) is 0 Å². The van der Waals surface area contributed by atoms with E-state index in [2.05, 4.69) is 5.32 Å². The molecule has 3 atom stereocenters. The largest absolute Gasteiger partial charge is 0.444 e. The molecule has 1 saturated carbocycles. The maximum Gasteiger partial charge on any atom is 0.410 e. The standard InChI is InChI=1S/C13H24N2O2/c1-13(2,3)17-12(16)15-7-9-5-11(14-4)6-10(9)8-15/h9-11,14H,5-8H2,1-4H3/t9-,10+,11-. The molecule has 2 fully saturated rings. The molecule has 2 rings (SSSR count). The van der Waals surface area contributed by atoms with Crippen LogP contribution in [-0.4, -0.2) is 42.8 Å². The lowest BCUT2D eigenvalue weighted by Crippen LogP contribution is -2.36. The Bertz CT molecular complexity index is 284. The van der Waals surface area contributed by atoms with Gasteiger partial charge >= 0.3 is 6.09 Å². The molecule has 1 heterocycles. The van der Waals surface area contributed by atoms with Gasteiger partial charge < -0.3 is 15.0 Å². The molecule has 0 unspecified atom stereocenters. The predicted octanol–water partition coefficient (Wildman–Crippen LogP) is 1.85. The van der Waals surface area contributed by atoms with Crippen LogP contribution >= 0.6 is 0 Å². The van der Waals surface area contributed by atoms with Crippen molar-refractivity contribution in [3.63, 3.8) is 0 Å². The Morgan fingerprint density at radius 2 is 1.76 bits per heavy atom. The fourth-order valence-corrected chi connectivity index (χ4v) is 3.01. The molecular weight excluding hydrogens is 216 g/mol. The van der Waals surface area contributed by atoms with Crippen LogP contribution in [-0.2, 0) is 4.74 Å². The minimum atomic E-state index is -0.387. The molecule has 17 heavy (non-hydrogen) atoms. The first-order valence-corrected chi connectivity index (χ1v) is 6.54. The first-order valence-electron chi connectivity index (χ1n) is 6.54. The first-order chi connectivity index (χ1) is 7.89. The Kier molecular flexibility index (Phi) is 3.34. The summed E-state index contributed by atoms with van der Waals surface area (Å²) in [5.74, 6) is 1.33. The van der Waals surface area contributed by atoms with Crippen LogP contribution in [0.5, 0.6) is 0 Å². The summed E-state index contributed by atoms with van der Waals surface area (Å²) in [4.78, 5) is 13.8. The van der Waals surface area contributed by atoms with Crippen LogP contribution in [0.1, 0.15) is 33.6 Å². The van der Waals surface area contributed by atoms with Crippen LogP contribution in [0.3, 0.4) is 0 Å². The molecule has 1 amide bonds. The Labute approximate surface area is 104 Å². The number of hydrogen-bond donors (Lipinski definition) is 1. The molecule has 0 bridgehead atoms. The fourth-order valence-electron chi connectivity index (χ4n) is 3.01. The molecule has 1 N–H and O–H groups in total. The summed E-state index contributed by atoms with van der Waals surface area (Å²) in [5.41, 5.74) is -0.387. The van der Waals surface area contributed by atoms with E-state index in [4.69, 9.17) is 4.74 Å². The highest BCUT2D eigenvalue weighted by molar-refractivity contribution is 5.68. The summed E-state index contributed by atoms with van der Waals surface area (Å²) in [6.45, 7) is 7.49. The van der Waals surface area contributed by atoms with Gasteiger partial charge in [-0.15, -0.1) is 0 Å². The Hall–Kier alpha value is -0.770. The summed E-state index contributed by atoms with van der Waals surface area (Å²) < 4.78 is 5.41. The van der Waals surface area contributed by atoms with E-state index in [1.165, 1.54) is 12.8 Å². The zero-order chi connectivity index (χ0) is 12.6. The van der Waals surface area contributed by atoms with Crippen molar-refractivity contribution in [3.8, 4) is 0 Å². The molecule has 0 aromatic carbocycles. The molecule has 4 nitrogen and oxygen atoms in total. The minimum absolute atomic E-state index is 0.145. The van der Waals surface area contributed by atoms with Crippen LogP contribution in [0.4, 0.5) is 4.79 Å². The highest BCUT2D eigenvalue weighted by atomic mass is 16.6. The number of carbonyl (C=O) groups is 1. The molecule has 2 aliphatic rings. The van der Waals surface area contributed by atoms with Gasteiger partial charge in [-0.25, -0.2) is 4.79 Å². The Morgan fingerprint density at radius 1 is 1.24 bits per heavy atom. The number of amides is 1. The third-order valence-corrected chi connectivity index (χ3v) is 3.81. The molecule has 0 aromatic rings. The van der Waals surface area contributed by atoms with Crippen molar-refractivity contribution in [1.82, 2.24) is 10.2 Å². The topological polar surface area (TPSA) is 41.6 Å². The quantitative estimate of drug-likeness (QED) is 0.760. The number of likely N-dealkylation sites (tertiary alicyclic amines) is 1. The summed E-state index contributed by atoms with van der Waals surface area (Å²) in [6.07, 6.45) is 2.24. The second-order valence-electron chi connectivity index (χ2n) is 6.36. The SMILES string of the molecule is CN[C@@H]1C[C@@H]2CN(C(=O)OC(C)(C)C)C[C@@H]2C1. The van der Waals surface area contributed by atoms with Crippen LogP contribution in [0.25, 0.3) is 0 Å². The molecule has 0 aromatic heterocycles. The minimum Gasteiger partial charge on any atom is -0.444 e. The van der Waals surface area contributed by atoms with Crippen molar-refractivity contribution in [2.75, 3.05) is 20.1 Å². The average Bonchev–Trinajstić information content (AvgIpc) is 2.70. The van der Waals surface area contributed by atoms with Crippen molar-refractivity contribution in [3.05, 3.63) is 0 Å². The van der Waals surface area contributed by atoms with Gasteiger partial charge in [0, 0.05) is 19.1 Å². The number of rotatable bonds is 1. The summed E-state index contributed by atoms with van der Waals surface area (Å²) in [6, 6.07) is 0.644. The molecule has 1 saturated heterocycles. The summed E-state index contributed by atoms with van der Waals surface area (Å²) in [7, 11) is 2.03. The number of hydrogen-bond acceptors (Lipinski definition) is 3. The van der Waals surface area contributed by atoms with Crippen molar-refractivity contribution in [2.24, 2.45) is 11.8 Å². The number of fused-ring (bicyclic) bond motifs is 1. The highest BCUT2D eigenvalue weighted by Gasteiger charge is 2.42. The third kappa shape index (κ3) is 2.92. The van der Waals surface area contributed by atoms with Crippen LogP contribution in [0.15, 0.2) is 0 Å². The number of ether oxygens (including phenoxy) is 1. The fraction of sp³-hybridized carbons (Fsp3) is 0.923. The summed E-state index contributed by atoms with van der Waals surface area (Å²) >= 11 is 0. The number of carbonyl (C=O) groups excluding carboxylic acids is 1. The highest BCUT2D eigenvalue weighted by Crippen LogP contribution is 2.38. The predicted molar refractivity (Wildman–Crippen MR) is 66.9 cm³/mol. The molecule has 1 aliphatic carbocycles. The lowest BCUT2D eigenvalue weighted by molar-refractivity contribution is 0.0279. The van der Waals surface area contributed by atoms with Crippen molar-refractivity contribution in [2.45, 2.75) is 45.3 Å². The maximum atomic E-state index is 11.9. The zero-order valence-electron chi connectivity index (χ0n) is 11.3. The van der Waals surface area contributed by atoms with E-state index >= 15 is 0 Å². The zero-order valence-corrected chi connectivity index (χ0v) is 11.3. The second kappa shape index (κ2) is 4.48. The smallest absolute Gasteiger partial charge is 0.410 e. The van der Waals surface area contributed by atoms with E-state index in [0.717, 1.165) is 13.1 Å². The normalized spacial score (nSPS) is 32.7. The van der Waals surface area contributed by atoms with Gasteiger partial charge in [0.1, 0.15) is 5.60 Å². The third-order valence-electron chi connectivity index (χ3n) is 3.81. The van der Waals surface area contributed by atoms with Gasteiger partial charge in [-0.1, -0.05) is 0 Å². The van der Waals surface area contributed by atoms with Gasteiger partial charge in [-0.2, -0.15) is 0 Å². The lowest BCUT2D eigenvalue weighted by atomic mass is 10.0. The monoisotopic (exact) mass is 240 g/mol. The van der Waals surface area contributed by atoms with Gasteiger partial charge in [-0.05, 0) is 52.5 Å². The molecule has 4 heteroatoms. The summed E-state index contributed by atoms with van der Waals surface area (Å²) in [5, 5.41) is 3.34. The average molecular weight is 240 g/mol. The molecule has 98 valence electrons. The molecule has 0 radical (unpaired) electrons. The number of nitrogens with one attached hydrogen (secondary N) is 1. The first kappa shape index (κ1) is 12.7. The molecular formula is C13H24N2O2. The van der Waals surface area contributed by atoms with Crippen LogP contribution < -0.4 is 5.32 Å². The van der Waals surface area contributed by atoms with Gasteiger partial charge in [0.2, 0.25) is 0 Å². The Balaban J connectivity index is 1.86. The van der Waals surface area contributed by atoms with Crippen LogP contribution in [0.2, 0.25) is 0 Å². The van der Waals surface area contributed by atoms with E-state index in [1.54, 1.807) is 0 Å². The van der Waals surface area contributed by atoms with E-state index in [9.17, 15) is 4.79 Å². The van der Waals surface area contributed by atoms with Crippen molar-refractivity contribution in [1.29, 1.82) is 0 Å². The van der Waals surface area contributed by atoms with Crippen LogP contribution in [0, 0.1) is 11.8 Å². The van der Waals surface area contributed by atoms with E-state index in [1.807, 2.05) is 32.7 Å². The van der Waals surface area contributed by atoms with E-state index < -0.39 is 0 Å². The molecule has 1 aliphatic heterocycles. The molecule has 0 spiro atoms.